The van der Waals surface area contributed by atoms with Gasteiger partial charge < -0.3 is 4.74 Å². The van der Waals surface area contributed by atoms with Crippen molar-refractivity contribution in [3.05, 3.63) is 35.5 Å². The third kappa shape index (κ3) is 4.63. The molecular weight excluding hydrogens is 344 g/mol. The first-order valence-electron chi connectivity index (χ1n) is 11.6. The van der Waals surface area contributed by atoms with E-state index in [-0.39, 0.29) is 5.97 Å². The number of carbonyl (C=O) groups excluding carboxylic acids is 1. The van der Waals surface area contributed by atoms with E-state index < -0.39 is 0 Å². The topological polar surface area (TPSA) is 26.3 Å². The molecule has 0 aromatic heterocycles. The van der Waals surface area contributed by atoms with Gasteiger partial charge in [0.25, 0.3) is 0 Å². The molecule has 3 fully saturated rings. The minimum Gasteiger partial charge on any atom is -0.469 e. The first kappa shape index (κ1) is 21.4. The van der Waals surface area contributed by atoms with Crippen LogP contribution in [0.25, 0.3) is 0 Å². The van der Waals surface area contributed by atoms with Gasteiger partial charge in [-0.1, -0.05) is 43.7 Å². The summed E-state index contributed by atoms with van der Waals surface area (Å²) in [5.41, 5.74) is 5.00. The van der Waals surface area contributed by atoms with Gasteiger partial charge in [0, 0.05) is 6.42 Å². The maximum atomic E-state index is 11.4. The van der Waals surface area contributed by atoms with Gasteiger partial charge in [-0.05, 0) is 99.4 Å². The first-order chi connectivity index (χ1) is 13.5. The summed E-state index contributed by atoms with van der Waals surface area (Å²) in [6, 6.07) is 0. The van der Waals surface area contributed by atoms with Crippen LogP contribution in [0.3, 0.4) is 0 Å². The largest absolute Gasteiger partial charge is 0.469 e. The predicted octanol–water partition coefficient (Wildman–Crippen LogP) is 7.17. The highest BCUT2D eigenvalue weighted by Crippen LogP contribution is 2.59. The van der Waals surface area contributed by atoms with E-state index in [4.69, 9.17) is 4.74 Å². The Morgan fingerprint density at radius 1 is 1.21 bits per heavy atom. The molecule has 2 heteroatoms. The lowest BCUT2D eigenvalue weighted by Crippen LogP contribution is -2.36. The number of allylic oxidation sites excluding steroid dienone is 5. The molecule has 28 heavy (non-hydrogen) atoms. The Labute approximate surface area is 172 Å². The number of ether oxygens (including phenoxy) is 1. The molecule has 3 unspecified atom stereocenters. The van der Waals surface area contributed by atoms with Crippen molar-refractivity contribution >= 4 is 5.97 Å². The van der Waals surface area contributed by atoms with Crippen molar-refractivity contribution in [2.24, 2.45) is 23.2 Å². The fraction of sp³-hybridized carbons (Fsp3) is 0.731. The second kappa shape index (κ2) is 9.46. The number of esters is 1. The highest BCUT2D eigenvalue weighted by Gasteiger charge is 2.50. The van der Waals surface area contributed by atoms with Crippen LogP contribution in [0, 0.1) is 23.2 Å². The number of hydrogen-bond donors (Lipinski definition) is 0. The van der Waals surface area contributed by atoms with Gasteiger partial charge in [-0.3, -0.25) is 4.79 Å². The van der Waals surface area contributed by atoms with Crippen molar-refractivity contribution in [2.75, 3.05) is 7.11 Å². The molecule has 0 radical (unpaired) electrons. The molecule has 156 valence electrons. The summed E-state index contributed by atoms with van der Waals surface area (Å²) in [6.07, 6.45) is 19.3. The van der Waals surface area contributed by atoms with Gasteiger partial charge in [-0.15, -0.1) is 0 Å². The monoisotopic (exact) mass is 384 g/mol. The zero-order valence-electron chi connectivity index (χ0n) is 18.4. The molecule has 0 aromatic rings. The van der Waals surface area contributed by atoms with Crippen molar-refractivity contribution in [3.8, 4) is 0 Å². The molecule has 4 atom stereocenters. The average Bonchev–Trinajstić information content (AvgIpc) is 3.04. The smallest absolute Gasteiger partial charge is 0.305 e. The summed E-state index contributed by atoms with van der Waals surface area (Å²) < 4.78 is 4.80. The Morgan fingerprint density at radius 3 is 2.75 bits per heavy atom. The van der Waals surface area contributed by atoms with Gasteiger partial charge in [0.2, 0.25) is 0 Å². The van der Waals surface area contributed by atoms with Crippen LogP contribution in [-0.4, -0.2) is 13.1 Å². The van der Waals surface area contributed by atoms with Gasteiger partial charge in [0.05, 0.1) is 7.11 Å². The molecule has 3 aliphatic carbocycles. The first-order valence-corrected chi connectivity index (χ1v) is 11.6. The van der Waals surface area contributed by atoms with Crippen molar-refractivity contribution in [3.63, 3.8) is 0 Å². The molecule has 0 spiro atoms. The van der Waals surface area contributed by atoms with E-state index in [0.29, 0.717) is 17.8 Å². The van der Waals surface area contributed by atoms with E-state index in [1.165, 1.54) is 76.0 Å². The van der Waals surface area contributed by atoms with Gasteiger partial charge >= 0.3 is 5.97 Å². The molecule has 0 bridgehead atoms. The van der Waals surface area contributed by atoms with Crippen LogP contribution in [0.15, 0.2) is 35.5 Å². The second-order valence-electron chi connectivity index (χ2n) is 9.79. The van der Waals surface area contributed by atoms with Crippen LogP contribution in [0.4, 0.5) is 0 Å². The summed E-state index contributed by atoms with van der Waals surface area (Å²) in [5, 5.41) is 0. The van der Waals surface area contributed by atoms with Gasteiger partial charge in [0.15, 0.2) is 0 Å². The molecule has 0 N–H and O–H groups in total. The third-order valence-electron chi connectivity index (χ3n) is 8.12. The van der Waals surface area contributed by atoms with Crippen molar-refractivity contribution < 1.29 is 9.53 Å². The molecule has 3 rings (SSSR count). The minimum absolute atomic E-state index is 0.0667. The fourth-order valence-corrected chi connectivity index (χ4v) is 6.49. The number of methoxy groups -OCH3 is 1. The summed E-state index contributed by atoms with van der Waals surface area (Å²) in [6.45, 7) is 9.27. The predicted molar refractivity (Wildman–Crippen MR) is 117 cm³/mol. The third-order valence-corrected chi connectivity index (χ3v) is 8.12. The normalized spacial score (nSPS) is 34.5. The lowest BCUT2D eigenvalue weighted by molar-refractivity contribution is -0.140. The molecule has 0 amide bonds. The maximum Gasteiger partial charge on any atom is 0.305 e. The molecule has 2 nitrogen and oxygen atoms in total. The zero-order valence-corrected chi connectivity index (χ0v) is 18.4. The summed E-state index contributed by atoms with van der Waals surface area (Å²) in [5.74, 6) is 2.16. The molecule has 0 saturated heterocycles. The molecule has 0 heterocycles. The Morgan fingerprint density at radius 2 is 2.00 bits per heavy atom. The van der Waals surface area contributed by atoms with Crippen LogP contribution in [0.1, 0.15) is 90.9 Å². The number of fused-ring (bicyclic) bond motifs is 1. The molecule has 0 aliphatic heterocycles. The zero-order chi connectivity index (χ0) is 20.1. The SMILES string of the molecule is C=C1CCCC/C1=C/C=C1\CCCC2(C)C1CCC2[C@H](C)CCCC(=O)OC. The Balaban J connectivity index is 1.66. The van der Waals surface area contributed by atoms with Crippen LogP contribution >= 0.6 is 0 Å². The number of rotatable bonds is 6. The van der Waals surface area contributed by atoms with Crippen molar-refractivity contribution in [2.45, 2.75) is 90.9 Å². The van der Waals surface area contributed by atoms with Crippen LogP contribution in [0.5, 0.6) is 0 Å². The fourth-order valence-electron chi connectivity index (χ4n) is 6.49. The van der Waals surface area contributed by atoms with Crippen LogP contribution in [-0.2, 0) is 9.53 Å². The van der Waals surface area contributed by atoms with E-state index in [2.05, 4.69) is 32.6 Å². The summed E-state index contributed by atoms with van der Waals surface area (Å²) >= 11 is 0. The van der Waals surface area contributed by atoms with Crippen molar-refractivity contribution in [1.29, 1.82) is 0 Å². The number of hydrogen-bond acceptors (Lipinski definition) is 2. The Kier molecular flexibility index (Phi) is 7.23. The van der Waals surface area contributed by atoms with E-state index in [1.807, 2.05) is 0 Å². The standard InChI is InChI=1S/C26H40O2/c1-19-9-5-6-11-21(19)14-15-22-12-8-18-26(3)23(16-17-24(22)26)20(2)10-7-13-25(27)28-4/h14-15,20,23-24H,1,5-13,16-18H2,2-4H3/b21-14-,22-15+/t20-,23?,24?,26?/m1/s1. The lowest BCUT2D eigenvalue weighted by Gasteiger charge is -2.44. The Bertz CT molecular complexity index is 641. The van der Waals surface area contributed by atoms with E-state index in [0.717, 1.165) is 24.7 Å². The van der Waals surface area contributed by atoms with E-state index in [9.17, 15) is 4.79 Å². The summed E-state index contributed by atoms with van der Waals surface area (Å²) in [7, 11) is 1.49. The second-order valence-corrected chi connectivity index (χ2v) is 9.79. The maximum absolute atomic E-state index is 11.4. The van der Waals surface area contributed by atoms with Crippen LogP contribution < -0.4 is 0 Å². The van der Waals surface area contributed by atoms with Crippen LogP contribution in [0.2, 0.25) is 0 Å². The van der Waals surface area contributed by atoms with Gasteiger partial charge in [-0.2, -0.15) is 0 Å². The van der Waals surface area contributed by atoms with E-state index >= 15 is 0 Å². The quantitative estimate of drug-likeness (QED) is 0.454. The lowest BCUT2D eigenvalue weighted by atomic mass is 9.60. The number of carbonyl (C=O) groups is 1. The average molecular weight is 385 g/mol. The van der Waals surface area contributed by atoms with E-state index in [1.54, 1.807) is 5.57 Å². The highest BCUT2D eigenvalue weighted by molar-refractivity contribution is 5.68. The minimum atomic E-state index is -0.0667. The highest BCUT2D eigenvalue weighted by atomic mass is 16.5. The molecule has 3 aliphatic rings. The van der Waals surface area contributed by atoms with Gasteiger partial charge in [0.1, 0.15) is 0 Å². The summed E-state index contributed by atoms with van der Waals surface area (Å²) in [4.78, 5) is 11.4. The Hall–Kier alpha value is -1.31. The molecule has 3 saturated carbocycles. The molecular formula is C26H40O2. The van der Waals surface area contributed by atoms with Gasteiger partial charge in [-0.25, -0.2) is 0 Å². The van der Waals surface area contributed by atoms with Crippen molar-refractivity contribution in [1.82, 2.24) is 0 Å². The molecule has 0 aromatic carbocycles.